The van der Waals surface area contributed by atoms with Crippen molar-refractivity contribution in [3.63, 3.8) is 0 Å². The highest BCUT2D eigenvalue weighted by Gasteiger charge is 1.96. The molecule has 1 heterocycles. The monoisotopic (exact) mass is 168 g/mol. The van der Waals surface area contributed by atoms with Gasteiger partial charge in [0.25, 0.3) is 0 Å². The molecule has 0 radical (unpaired) electrons. The van der Waals surface area contributed by atoms with Crippen molar-refractivity contribution in [2.45, 2.75) is 13.5 Å². The largest absolute Gasteiger partial charge is 0.264 e. The van der Waals surface area contributed by atoms with Crippen molar-refractivity contribution in [2.24, 2.45) is 0 Å². The molecule has 0 aliphatic heterocycles. The first-order chi connectivity index (χ1) is 5.33. The maximum atomic E-state index is 4.25. The van der Waals surface area contributed by atoms with Crippen LogP contribution in [0.15, 0.2) is 24.5 Å². The predicted molar refractivity (Wildman–Crippen MR) is 49.3 cm³/mol. The fraction of sp³-hybridized carbons (Fsp3) is 0.375. The van der Waals surface area contributed by atoms with Crippen molar-refractivity contribution in [1.29, 1.82) is 0 Å². The molecule has 0 aromatic carbocycles. The van der Waals surface area contributed by atoms with Gasteiger partial charge in [-0.05, 0) is 11.6 Å². The first-order valence-corrected chi connectivity index (χ1v) is 4.05. The zero-order valence-corrected chi connectivity index (χ0v) is 7.46. The molecule has 0 aliphatic carbocycles. The average Bonchev–Trinajstić information content (AvgIpc) is 2.06. The molecule has 1 rings (SSSR count). The van der Waals surface area contributed by atoms with E-state index in [1.54, 1.807) is 6.20 Å². The molecule has 2 nitrogen and oxygen atoms in total. The maximum absolute atomic E-state index is 4.25. The number of pyridine rings is 1. The van der Waals surface area contributed by atoms with Gasteiger partial charge >= 0.3 is 0 Å². The van der Waals surface area contributed by atoms with Crippen molar-refractivity contribution >= 4 is 12.8 Å². The predicted octanol–water partition coefficient (Wildman–Crippen LogP) is 1.75. The molecule has 0 bridgehead atoms. The topological polar surface area (TPSA) is 16.1 Å². The first-order valence-electron chi connectivity index (χ1n) is 3.65. The van der Waals surface area contributed by atoms with Crippen LogP contribution in [0.25, 0.3) is 0 Å². The van der Waals surface area contributed by atoms with Gasteiger partial charge in [0.1, 0.15) is 0 Å². The molecule has 0 fully saturated rings. The van der Waals surface area contributed by atoms with Gasteiger partial charge in [0.15, 0.2) is 0 Å². The second-order valence-corrected chi connectivity index (χ2v) is 2.91. The Morgan fingerprint density at radius 3 is 3.00 bits per heavy atom. The zero-order chi connectivity index (χ0) is 8.10. The van der Waals surface area contributed by atoms with Crippen molar-refractivity contribution < 1.29 is 0 Å². The minimum Gasteiger partial charge on any atom is -0.264 e. The van der Waals surface area contributed by atoms with E-state index in [1.807, 2.05) is 22.6 Å². The van der Waals surface area contributed by atoms with E-state index in [2.05, 4.69) is 24.7 Å². The summed E-state index contributed by atoms with van der Waals surface area (Å²) >= 11 is 4.25. The summed E-state index contributed by atoms with van der Waals surface area (Å²) in [4.78, 5) is 4.01. The van der Waals surface area contributed by atoms with Crippen LogP contribution in [0.2, 0.25) is 0 Å². The Morgan fingerprint density at radius 1 is 1.64 bits per heavy atom. The standard InChI is InChI=1S/C8H12N2S/c1-2-10(11)7-8-4-3-5-9-6-8/h3-6,11H,2,7H2,1H3. The van der Waals surface area contributed by atoms with E-state index in [0.717, 1.165) is 13.1 Å². The van der Waals surface area contributed by atoms with E-state index in [9.17, 15) is 0 Å². The Kier molecular flexibility index (Phi) is 3.39. The fourth-order valence-electron chi connectivity index (χ4n) is 0.814. The first kappa shape index (κ1) is 8.56. The number of aromatic nitrogens is 1. The summed E-state index contributed by atoms with van der Waals surface area (Å²) in [5.74, 6) is 0. The van der Waals surface area contributed by atoms with Crippen LogP contribution in [0.5, 0.6) is 0 Å². The summed E-state index contributed by atoms with van der Waals surface area (Å²) in [6, 6.07) is 3.98. The molecule has 11 heavy (non-hydrogen) atoms. The third-order valence-corrected chi connectivity index (χ3v) is 1.88. The molecule has 1 aromatic heterocycles. The lowest BCUT2D eigenvalue weighted by Crippen LogP contribution is -2.10. The van der Waals surface area contributed by atoms with Crippen LogP contribution >= 0.6 is 12.8 Å². The van der Waals surface area contributed by atoms with Crippen molar-refractivity contribution in [3.05, 3.63) is 30.1 Å². The van der Waals surface area contributed by atoms with Crippen molar-refractivity contribution in [3.8, 4) is 0 Å². The fourth-order valence-corrected chi connectivity index (χ4v) is 0.978. The Balaban J connectivity index is 2.51. The quantitative estimate of drug-likeness (QED) is 0.692. The zero-order valence-electron chi connectivity index (χ0n) is 6.57. The van der Waals surface area contributed by atoms with Gasteiger partial charge < -0.3 is 0 Å². The SMILES string of the molecule is CCN(S)Cc1cccnc1. The molecule has 1 aromatic rings. The van der Waals surface area contributed by atoms with Gasteiger partial charge in [0.2, 0.25) is 0 Å². The molecule has 0 atom stereocenters. The van der Waals surface area contributed by atoms with E-state index in [1.165, 1.54) is 5.56 Å². The van der Waals surface area contributed by atoms with Crippen LogP contribution in [0.1, 0.15) is 12.5 Å². The lowest BCUT2D eigenvalue weighted by Gasteiger charge is -2.11. The maximum Gasteiger partial charge on any atom is 0.0353 e. The molecule has 3 heteroatoms. The number of hydrogen-bond acceptors (Lipinski definition) is 3. The van der Waals surface area contributed by atoms with Gasteiger partial charge in [-0.15, -0.1) is 0 Å². The Bertz CT molecular complexity index is 201. The van der Waals surface area contributed by atoms with E-state index in [0.29, 0.717) is 0 Å². The van der Waals surface area contributed by atoms with Crippen LogP contribution in [0.4, 0.5) is 0 Å². The summed E-state index contributed by atoms with van der Waals surface area (Å²) in [6.07, 6.45) is 3.64. The smallest absolute Gasteiger partial charge is 0.0353 e. The van der Waals surface area contributed by atoms with E-state index in [-0.39, 0.29) is 0 Å². The molecule has 0 saturated carbocycles. The second kappa shape index (κ2) is 4.36. The number of hydrogen-bond donors (Lipinski definition) is 1. The van der Waals surface area contributed by atoms with Crippen molar-refractivity contribution in [2.75, 3.05) is 6.54 Å². The van der Waals surface area contributed by atoms with E-state index >= 15 is 0 Å². The normalized spacial score (nSPS) is 10.5. The molecule has 0 aliphatic rings. The molecular formula is C8H12N2S. The minimum absolute atomic E-state index is 0.855. The number of rotatable bonds is 3. The summed E-state index contributed by atoms with van der Waals surface area (Å²) in [5, 5.41) is 0. The van der Waals surface area contributed by atoms with Crippen LogP contribution < -0.4 is 0 Å². The van der Waals surface area contributed by atoms with Crippen LogP contribution in [-0.2, 0) is 6.54 Å². The molecule has 0 unspecified atom stereocenters. The summed E-state index contributed by atoms with van der Waals surface area (Å²) < 4.78 is 1.94. The average molecular weight is 168 g/mol. The molecule has 0 amide bonds. The Morgan fingerprint density at radius 2 is 2.45 bits per heavy atom. The third-order valence-electron chi connectivity index (χ3n) is 1.45. The van der Waals surface area contributed by atoms with Gasteiger partial charge in [-0.3, -0.25) is 4.98 Å². The highest BCUT2D eigenvalue weighted by molar-refractivity contribution is 7.77. The van der Waals surface area contributed by atoms with E-state index < -0.39 is 0 Å². The van der Waals surface area contributed by atoms with Crippen LogP contribution in [-0.4, -0.2) is 15.8 Å². The summed E-state index contributed by atoms with van der Waals surface area (Å²) in [6.45, 7) is 3.87. The van der Waals surface area contributed by atoms with E-state index in [4.69, 9.17) is 0 Å². The number of nitrogens with zero attached hydrogens (tertiary/aromatic N) is 2. The molecular weight excluding hydrogens is 156 g/mol. The van der Waals surface area contributed by atoms with Gasteiger partial charge in [-0.25, -0.2) is 4.31 Å². The molecule has 0 spiro atoms. The van der Waals surface area contributed by atoms with Gasteiger partial charge in [0.05, 0.1) is 0 Å². The highest BCUT2D eigenvalue weighted by Crippen LogP contribution is 2.03. The highest BCUT2D eigenvalue weighted by atomic mass is 32.1. The summed E-state index contributed by atoms with van der Waals surface area (Å²) in [5.41, 5.74) is 1.20. The Labute approximate surface area is 72.8 Å². The lowest BCUT2D eigenvalue weighted by molar-refractivity contribution is 0.499. The minimum atomic E-state index is 0.855. The summed E-state index contributed by atoms with van der Waals surface area (Å²) in [7, 11) is 0. The lowest BCUT2D eigenvalue weighted by atomic mass is 10.3. The van der Waals surface area contributed by atoms with Crippen molar-refractivity contribution in [1.82, 2.24) is 9.29 Å². The third kappa shape index (κ3) is 2.91. The number of thiol groups is 1. The van der Waals surface area contributed by atoms with Gasteiger partial charge in [0, 0.05) is 25.5 Å². The molecule has 0 N–H and O–H groups in total. The second-order valence-electron chi connectivity index (χ2n) is 2.34. The van der Waals surface area contributed by atoms with Gasteiger partial charge in [-0.1, -0.05) is 25.8 Å². The van der Waals surface area contributed by atoms with Crippen LogP contribution in [0, 0.1) is 0 Å². The van der Waals surface area contributed by atoms with Gasteiger partial charge in [-0.2, -0.15) is 0 Å². The molecule has 60 valence electrons. The molecule has 0 saturated heterocycles. The van der Waals surface area contributed by atoms with Crippen LogP contribution in [0.3, 0.4) is 0 Å². The Hall–Kier alpha value is -0.540.